The summed E-state index contributed by atoms with van der Waals surface area (Å²) in [6.45, 7) is 0.728. The van der Waals surface area contributed by atoms with Crippen LogP contribution in [0.3, 0.4) is 0 Å². The first-order valence-corrected chi connectivity index (χ1v) is 6.96. The highest BCUT2D eigenvalue weighted by atomic mass is 16.3. The highest BCUT2D eigenvalue weighted by Crippen LogP contribution is 2.28. The van der Waals surface area contributed by atoms with Gasteiger partial charge in [-0.3, -0.25) is 5.41 Å². The number of para-hydroxylation sites is 2. The molecule has 1 aliphatic rings. The van der Waals surface area contributed by atoms with Crippen LogP contribution in [-0.2, 0) is 6.54 Å². The molecule has 1 aliphatic heterocycles. The molecule has 6 heteroatoms. The molecule has 22 heavy (non-hydrogen) atoms. The van der Waals surface area contributed by atoms with Crippen molar-refractivity contribution in [3.05, 3.63) is 60.0 Å². The third-order valence-corrected chi connectivity index (χ3v) is 3.74. The Morgan fingerprint density at radius 3 is 2.91 bits per heavy atom. The number of nitrogens with one attached hydrogen (secondary N) is 2. The Kier molecular flexibility index (Phi) is 2.75. The number of amidine groups is 1. The number of aromatic amines is 1. The quantitative estimate of drug-likeness (QED) is 0.693. The minimum atomic E-state index is 0.149. The summed E-state index contributed by atoms with van der Waals surface area (Å²) in [5, 5.41) is 18.6. The van der Waals surface area contributed by atoms with Crippen molar-refractivity contribution >= 4 is 22.4 Å². The van der Waals surface area contributed by atoms with Gasteiger partial charge in [0.1, 0.15) is 23.2 Å². The lowest BCUT2D eigenvalue weighted by molar-refractivity contribution is 0.328. The number of aromatic nitrogens is 2. The number of benzene rings is 1. The van der Waals surface area contributed by atoms with E-state index in [1.54, 1.807) is 11.2 Å². The summed E-state index contributed by atoms with van der Waals surface area (Å²) in [5.74, 6) is 1.66. The number of aliphatic hydroxyl groups excluding tert-OH is 1. The monoisotopic (exact) mass is 294 g/mol. The SMILES string of the molecule is N=C1C(c2nc3ccccc3[nH]2)=C(O)CN1Cc1ccco1. The van der Waals surface area contributed by atoms with E-state index in [9.17, 15) is 5.11 Å². The van der Waals surface area contributed by atoms with E-state index in [0.29, 0.717) is 17.9 Å². The van der Waals surface area contributed by atoms with E-state index in [4.69, 9.17) is 9.83 Å². The number of hydrogen-bond acceptors (Lipinski definition) is 4. The van der Waals surface area contributed by atoms with Gasteiger partial charge in [-0.2, -0.15) is 0 Å². The Balaban J connectivity index is 1.66. The largest absolute Gasteiger partial charge is 0.510 e. The highest BCUT2D eigenvalue weighted by molar-refractivity contribution is 6.23. The van der Waals surface area contributed by atoms with Crippen molar-refractivity contribution in [1.82, 2.24) is 14.9 Å². The highest BCUT2D eigenvalue weighted by Gasteiger charge is 2.30. The first-order valence-electron chi connectivity index (χ1n) is 6.96. The van der Waals surface area contributed by atoms with Crippen LogP contribution in [0.25, 0.3) is 16.6 Å². The Hall–Kier alpha value is -3.02. The molecule has 0 radical (unpaired) electrons. The van der Waals surface area contributed by atoms with E-state index in [1.165, 1.54) is 0 Å². The van der Waals surface area contributed by atoms with Crippen molar-refractivity contribution in [3.8, 4) is 0 Å². The van der Waals surface area contributed by atoms with Crippen LogP contribution in [0.4, 0.5) is 0 Å². The average Bonchev–Trinajstić information content (AvgIpc) is 3.19. The van der Waals surface area contributed by atoms with Crippen LogP contribution in [-0.4, -0.2) is 32.4 Å². The third-order valence-electron chi connectivity index (χ3n) is 3.74. The molecule has 3 N–H and O–H groups in total. The first kappa shape index (κ1) is 12.7. The maximum atomic E-state index is 10.2. The van der Waals surface area contributed by atoms with Gasteiger partial charge in [-0.15, -0.1) is 0 Å². The number of rotatable bonds is 3. The molecule has 0 amide bonds. The van der Waals surface area contributed by atoms with Crippen LogP contribution in [0, 0.1) is 5.41 Å². The standard InChI is InChI=1S/C16H14N4O2/c17-15-14(16-18-11-5-1-2-6-12(11)19-16)13(21)9-20(15)8-10-4-3-7-22-10/h1-7,17,21H,8-9H2,(H,18,19). The van der Waals surface area contributed by atoms with Gasteiger partial charge in [-0.25, -0.2) is 4.98 Å². The molecule has 110 valence electrons. The van der Waals surface area contributed by atoms with Gasteiger partial charge in [-0.1, -0.05) is 12.1 Å². The van der Waals surface area contributed by atoms with Gasteiger partial charge >= 0.3 is 0 Å². The zero-order valence-electron chi connectivity index (χ0n) is 11.7. The van der Waals surface area contributed by atoms with Gasteiger partial charge in [0.25, 0.3) is 0 Å². The van der Waals surface area contributed by atoms with Crippen LogP contribution in [0.5, 0.6) is 0 Å². The minimum Gasteiger partial charge on any atom is -0.510 e. The molecule has 3 aromatic rings. The molecule has 4 rings (SSSR count). The Bertz CT molecular complexity index is 844. The van der Waals surface area contributed by atoms with Gasteiger partial charge in [0.15, 0.2) is 0 Å². The summed E-state index contributed by atoms with van der Waals surface area (Å²) in [6, 6.07) is 11.3. The molecular formula is C16H14N4O2. The maximum Gasteiger partial charge on any atom is 0.145 e. The van der Waals surface area contributed by atoms with Crippen LogP contribution in [0.1, 0.15) is 11.6 Å². The Labute approximate surface area is 126 Å². The number of furan rings is 1. The van der Waals surface area contributed by atoms with Crippen molar-refractivity contribution < 1.29 is 9.52 Å². The molecule has 0 bridgehead atoms. The van der Waals surface area contributed by atoms with E-state index in [-0.39, 0.29) is 18.1 Å². The van der Waals surface area contributed by atoms with Gasteiger partial charge in [0, 0.05) is 0 Å². The fourth-order valence-electron chi connectivity index (χ4n) is 2.68. The minimum absolute atomic E-state index is 0.149. The van der Waals surface area contributed by atoms with Crippen molar-refractivity contribution in [3.63, 3.8) is 0 Å². The van der Waals surface area contributed by atoms with Crippen LogP contribution in [0.2, 0.25) is 0 Å². The second-order valence-corrected chi connectivity index (χ2v) is 5.21. The smallest absolute Gasteiger partial charge is 0.145 e. The summed E-state index contributed by atoms with van der Waals surface area (Å²) in [6.07, 6.45) is 1.60. The second kappa shape index (κ2) is 4.77. The number of aliphatic hydroxyl groups is 1. The number of fused-ring (bicyclic) bond motifs is 1. The zero-order chi connectivity index (χ0) is 15.1. The van der Waals surface area contributed by atoms with E-state index in [1.807, 2.05) is 36.4 Å². The molecular weight excluding hydrogens is 280 g/mol. The summed E-state index contributed by atoms with van der Waals surface area (Å²) in [7, 11) is 0. The molecule has 0 atom stereocenters. The molecule has 0 saturated heterocycles. The summed E-state index contributed by atoms with van der Waals surface area (Å²) >= 11 is 0. The molecule has 0 aliphatic carbocycles. The summed E-state index contributed by atoms with van der Waals surface area (Å²) < 4.78 is 5.31. The van der Waals surface area contributed by atoms with Gasteiger partial charge < -0.3 is 19.4 Å². The van der Waals surface area contributed by atoms with E-state index in [2.05, 4.69) is 9.97 Å². The number of imidazole rings is 1. The van der Waals surface area contributed by atoms with E-state index in [0.717, 1.165) is 16.8 Å². The van der Waals surface area contributed by atoms with Gasteiger partial charge in [0.2, 0.25) is 0 Å². The van der Waals surface area contributed by atoms with E-state index < -0.39 is 0 Å². The van der Waals surface area contributed by atoms with Gasteiger partial charge in [-0.05, 0) is 24.3 Å². The lowest BCUT2D eigenvalue weighted by atomic mass is 10.2. The average molecular weight is 294 g/mol. The molecule has 1 aromatic carbocycles. The van der Waals surface area contributed by atoms with Crippen molar-refractivity contribution in [1.29, 1.82) is 5.41 Å². The van der Waals surface area contributed by atoms with Crippen LogP contribution < -0.4 is 0 Å². The molecule has 2 aromatic heterocycles. The number of nitrogens with zero attached hydrogens (tertiary/aromatic N) is 2. The molecule has 3 heterocycles. The summed E-state index contributed by atoms with van der Waals surface area (Å²) in [4.78, 5) is 9.37. The molecule has 0 unspecified atom stereocenters. The summed E-state index contributed by atoms with van der Waals surface area (Å²) in [5.41, 5.74) is 2.15. The molecule has 0 fully saturated rings. The van der Waals surface area contributed by atoms with Crippen LogP contribution in [0.15, 0.2) is 52.8 Å². The van der Waals surface area contributed by atoms with Crippen molar-refractivity contribution in [2.24, 2.45) is 0 Å². The Morgan fingerprint density at radius 2 is 2.14 bits per heavy atom. The predicted octanol–water partition coefficient (Wildman–Crippen LogP) is 2.92. The fraction of sp³-hybridized carbons (Fsp3) is 0.125. The van der Waals surface area contributed by atoms with Gasteiger partial charge in [0.05, 0.1) is 36.0 Å². The molecule has 6 nitrogen and oxygen atoms in total. The lowest BCUT2D eigenvalue weighted by Crippen LogP contribution is -2.25. The molecule has 0 saturated carbocycles. The predicted molar refractivity (Wildman–Crippen MR) is 82.5 cm³/mol. The third kappa shape index (κ3) is 1.96. The van der Waals surface area contributed by atoms with Crippen molar-refractivity contribution in [2.45, 2.75) is 6.54 Å². The Morgan fingerprint density at radius 1 is 1.27 bits per heavy atom. The fourth-order valence-corrected chi connectivity index (χ4v) is 2.68. The first-order chi connectivity index (χ1) is 10.7. The maximum absolute atomic E-state index is 10.2. The normalized spacial score (nSPS) is 15.3. The second-order valence-electron chi connectivity index (χ2n) is 5.21. The van der Waals surface area contributed by atoms with Crippen LogP contribution >= 0.6 is 0 Å². The van der Waals surface area contributed by atoms with E-state index >= 15 is 0 Å². The van der Waals surface area contributed by atoms with Crippen molar-refractivity contribution in [2.75, 3.05) is 6.54 Å². The lowest BCUT2D eigenvalue weighted by Gasteiger charge is -2.16. The number of H-pyrrole nitrogens is 1. The topological polar surface area (TPSA) is 89.1 Å². The zero-order valence-corrected chi connectivity index (χ0v) is 11.7. The number of hydrogen-bond donors (Lipinski definition) is 3. The molecule has 0 spiro atoms.